The topological polar surface area (TPSA) is 38.7 Å². The third-order valence-electron chi connectivity index (χ3n) is 2.54. The van der Waals surface area contributed by atoms with E-state index in [0.29, 0.717) is 10.8 Å². The van der Waals surface area contributed by atoms with Gasteiger partial charge in [0.05, 0.1) is 5.02 Å². The normalized spacial score (nSPS) is 10.6. The molecule has 0 atom stereocenters. The van der Waals surface area contributed by atoms with E-state index in [1.807, 2.05) is 30.5 Å². The number of hydrogen-bond donors (Lipinski definition) is 0. The van der Waals surface area contributed by atoms with Gasteiger partial charge in [-0.1, -0.05) is 29.8 Å². The van der Waals surface area contributed by atoms with Crippen LogP contribution in [0.2, 0.25) is 5.02 Å². The zero-order valence-electron chi connectivity index (χ0n) is 8.84. The van der Waals surface area contributed by atoms with E-state index in [1.165, 1.54) is 0 Å². The third kappa shape index (κ3) is 1.85. The predicted molar refractivity (Wildman–Crippen MR) is 67.8 cm³/mol. The molecule has 0 radical (unpaired) electrons. The van der Waals surface area contributed by atoms with Gasteiger partial charge >= 0.3 is 0 Å². The molecule has 4 heteroatoms. The molecule has 3 aromatic rings. The van der Waals surface area contributed by atoms with E-state index in [9.17, 15) is 0 Å². The van der Waals surface area contributed by atoms with Crippen LogP contribution in [0, 0.1) is 0 Å². The zero-order valence-corrected chi connectivity index (χ0v) is 9.59. The van der Waals surface area contributed by atoms with Crippen molar-refractivity contribution in [2.24, 2.45) is 0 Å². The zero-order chi connectivity index (χ0) is 11.7. The van der Waals surface area contributed by atoms with E-state index in [0.717, 1.165) is 16.3 Å². The van der Waals surface area contributed by atoms with E-state index in [-0.39, 0.29) is 0 Å². The third-order valence-corrected chi connectivity index (χ3v) is 2.74. The van der Waals surface area contributed by atoms with Gasteiger partial charge in [0.1, 0.15) is 0 Å². The molecule has 0 amide bonds. The Morgan fingerprint density at radius 1 is 0.941 bits per heavy atom. The summed E-state index contributed by atoms with van der Waals surface area (Å²) in [5.74, 6) is 0.672. The van der Waals surface area contributed by atoms with Crippen LogP contribution in [0.3, 0.4) is 0 Å². The number of fused-ring (bicyclic) bond motifs is 1. The highest BCUT2D eigenvalue weighted by molar-refractivity contribution is 6.30. The Balaban J connectivity index is 2.27. The molecule has 0 spiro atoms. The van der Waals surface area contributed by atoms with Gasteiger partial charge in [0.2, 0.25) is 0 Å². The number of hydrogen-bond acceptors (Lipinski definition) is 3. The van der Waals surface area contributed by atoms with E-state index >= 15 is 0 Å². The lowest BCUT2D eigenvalue weighted by Gasteiger charge is -2.04. The van der Waals surface area contributed by atoms with Gasteiger partial charge < -0.3 is 0 Å². The largest absolute Gasteiger partial charge is 0.264 e. The standard InChI is InChI=1S/C13H8ClN3/c14-10-7-16-13(17-8-10)12-3-1-2-9-6-15-5-4-11(9)12/h1-8H. The first kappa shape index (κ1) is 10.2. The lowest BCUT2D eigenvalue weighted by Crippen LogP contribution is -1.89. The van der Waals surface area contributed by atoms with Crippen LogP contribution in [0.25, 0.3) is 22.2 Å². The number of nitrogens with zero attached hydrogens (tertiary/aromatic N) is 3. The number of pyridine rings is 1. The van der Waals surface area contributed by atoms with Crippen molar-refractivity contribution in [3.63, 3.8) is 0 Å². The van der Waals surface area contributed by atoms with E-state index in [4.69, 9.17) is 11.6 Å². The number of benzene rings is 1. The van der Waals surface area contributed by atoms with Gasteiger partial charge in [0, 0.05) is 35.7 Å². The lowest BCUT2D eigenvalue weighted by molar-refractivity contribution is 1.18. The molecule has 0 saturated carbocycles. The Kier molecular flexibility index (Phi) is 2.46. The molecule has 17 heavy (non-hydrogen) atoms. The molecule has 0 bridgehead atoms. The molecule has 0 saturated heterocycles. The maximum atomic E-state index is 5.78. The Labute approximate surface area is 103 Å². The van der Waals surface area contributed by atoms with Crippen molar-refractivity contribution < 1.29 is 0 Å². The fourth-order valence-electron chi connectivity index (χ4n) is 1.77. The summed E-state index contributed by atoms with van der Waals surface area (Å²) in [4.78, 5) is 12.6. The molecule has 0 fully saturated rings. The second kappa shape index (κ2) is 4.11. The molecule has 2 heterocycles. The number of aromatic nitrogens is 3. The first-order chi connectivity index (χ1) is 8.34. The molecular weight excluding hydrogens is 234 g/mol. The molecule has 0 aliphatic carbocycles. The van der Waals surface area contributed by atoms with Gasteiger partial charge in [-0.2, -0.15) is 0 Å². The van der Waals surface area contributed by atoms with Crippen LogP contribution < -0.4 is 0 Å². The lowest BCUT2D eigenvalue weighted by atomic mass is 10.1. The van der Waals surface area contributed by atoms with Crippen LogP contribution in [0.4, 0.5) is 0 Å². The highest BCUT2D eigenvalue weighted by Gasteiger charge is 2.05. The maximum Gasteiger partial charge on any atom is 0.159 e. The minimum Gasteiger partial charge on any atom is -0.264 e. The monoisotopic (exact) mass is 241 g/mol. The SMILES string of the molecule is Clc1cnc(-c2cccc3cnccc23)nc1. The van der Waals surface area contributed by atoms with E-state index in [1.54, 1.807) is 18.6 Å². The first-order valence-corrected chi connectivity index (χ1v) is 5.53. The highest BCUT2D eigenvalue weighted by Crippen LogP contribution is 2.25. The van der Waals surface area contributed by atoms with Gasteiger partial charge in [0.15, 0.2) is 5.82 Å². The van der Waals surface area contributed by atoms with Gasteiger partial charge in [0.25, 0.3) is 0 Å². The molecule has 2 aromatic heterocycles. The summed E-state index contributed by atoms with van der Waals surface area (Å²) in [6.45, 7) is 0. The maximum absolute atomic E-state index is 5.78. The van der Waals surface area contributed by atoms with Crippen molar-refractivity contribution in [3.8, 4) is 11.4 Å². The summed E-state index contributed by atoms with van der Waals surface area (Å²) in [7, 11) is 0. The molecule has 0 aliphatic rings. The van der Waals surface area contributed by atoms with Crippen LogP contribution in [-0.2, 0) is 0 Å². The second-order valence-corrected chi connectivity index (χ2v) is 4.06. The van der Waals surface area contributed by atoms with E-state index in [2.05, 4.69) is 15.0 Å². The molecule has 0 unspecified atom stereocenters. The summed E-state index contributed by atoms with van der Waals surface area (Å²) >= 11 is 5.78. The molecule has 3 rings (SSSR count). The van der Waals surface area contributed by atoms with Crippen LogP contribution in [0.15, 0.2) is 49.1 Å². The van der Waals surface area contributed by atoms with Crippen molar-refractivity contribution >= 4 is 22.4 Å². The van der Waals surface area contributed by atoms with Crippen LogP contribution in [0.5, 0.6) is 0 Å². The fraction of sp³-hybridized carbons (Fsp3) is 0. The molecule has 0 N–H and O–H groups in total. The van der Waals surface area contributed by atoms with Crippen molar-refractivity contribution in [1.29, 1.82) is 0 Å². The summed E-state index contributed by atoms with van der Waals surface area (Å²) in [6, 6.07) is 7.94. The minimum absolute atomic E-state index is 0.538. The smallest absolute Gasteiger partial charge is 0.159 e. The molecular formula is C13H8ClN3. The van der Waals surface area contributed by atoms with E-state index < -0.39 is 0 Å². The summed E-state index contributed by atoms with van der Waals surface area (Å²) in [5, 5.41) is 2.70. The Bertz CT molecular complexity index is 660. The summed E-state index contributed by atoms with van der Waals surface area (Å²) in [6.07, 6.45) is 6.80. The second-order valence-electron chi connectivity index (χ2n) is 3.63. The highest BCUT2D eigenvalue weighted by atomic mass is 35.5. The van der Waals surface area contributed by atoms with Crippen LogP contribution in [0.1, 0.15) is 0 Å². The van der Waals surface area contributed by atoms with Crippen molar-refractivity contribution in [2.45, 2.75) is 0 Å². The molecule has 82 valence electrons. The minimum atomic E-state index is 0.538. The van der Waals surface area contributed by atoms with Gasteiger partial charge in [-0.15, -0.1) is 0 Å². The van der Waals surface area contributed by atoms with Gasteiger partial charge in [-0.25, -0.2) is 9.97 Å². The molecule has 3 nitrogen and oxygen atoms in total. The van der Waals surface area contributed by atoms with Gasteiger partial charge in [-0.05, 0) is 11.5 Å². The fourth-order valence-corrected chi connectivity index (χ4v) is 1.87. The quantitative estimate of drug-likeness (QED) is 0.656. The average Bonchev–Trinajstić information content (AvgIpc) is 2.39. The van der Waals surface area contributed by atoms with Crippen LogP contribution >= 0.6 is 11.6 Å². The van der Waals surface area contributed by atoms with Crippen LogP contribution in [-0.4, -0.2) is 15.0 Å². The average molecular weight is 242 g/mol. The van der Waals surface area contributed by atoms with Crippen molar-refractivity contribution in [1.82, 2.24) is 15.0 Å². The summed E-state index contributed by atoms with van der Waals surface area (Å²) in [5.41, 5.74) is 0.988. The molecule has 1 aromatic carbocycles. The Morgan fingerprint density at radius 3 is 2.59 bits per heavy atom. The number of halogens is 1. The predicted octanol–water partition coefficient (Wildman–Crippen LogP) is 3.35. The Hall–Kier alpha value is -2.00. The van der Waals surface area contributed by atoms with Gasteiger partial charge in [-0.3, -0.25) is 4.98 Å². The van der Waals surface area contributed by atoms with Crippen molar-refractivity contribution in [2.75, 3.05) is 0 Å². The van der Waals surface area contributed by atoms with Crippen molar-refractivity contribution in [3.05, 3.63) is 54.1 Å². The first-order valence-electron chi connectivity index (χ1n) is 5.15. The summed E-state index contributed by atoms with van der Waals surface area (Å²) < 4.78 is 0. The molecule has 0 aliphatic heterocycles. The number of rotatable bonds is 1. The Morgan fingerprint density at radius 2 is 1.76 bits per heavy atom.